The molecular weight excluding hydrogens is 390 g/mol. The van der Waals surface area contributed by atoms with Crippen LogP contribution >= 0.6 is 0 Å². The van der Waals surface area contributed by atoms with E-state index in [0.717, 1.165) is 22.5 Å². The smallest absolute Gasteiger partial charge is 0.255 e. The van der Waals surface area contributed by atoms with Crippen LogP contribution in [0.5, 0.6) is 0 Å². The molecule has 0 saturated carbocycles. The number of pyridine rings is 1. The molecule has 31 heavy (non-hydrogen) atoms. The van der Waals surface area contributed by atoms with Crippen molar-refractivity contribution in [3.05, 3.63) is 96.7 Å². The Morgan fingerprint density at radius 2 is 1.84 bits per heavy atom. The maximum absolute atomic E-state index is 13.0. The third-order valence-electron chi connectivity index (χ3n) is 4.78. The van der Waals surface area contributed by atoms with Gasteiger partial charge in [0, 0.05) is 35.3 Å². The fourth-order valence-corrected chi connectivity index (χ4v) is 3.20. The predicted octanol–water partition coefficient (Wildman–Crippen LogP) is 4.56. The summed E-state index contributed by atoms with van der Waals surface area (Å²) in [6.45, 7) is 1.84. The summed E-state index contributed by atoms with van der Waals surface area (Å²) in [4.78, 5) is 26.3. The van der Waals surface area contributed by atoms with Crippen LogP contribution in [-0.2, 0) is 4.84 Å². The molecular formula is C24H21N5O2. The van der Waals surface area contributed by atoms with Crippen LogP contribution in [0.15, 0.2) is 90.7 Å². The molecule has 0 spiro atoms. The zero-order valence-electron chi connectivity index (χ0n) is 17.2. The largest absolute Gasteiger partial charge is 0.399 e. The van der Waals surface area contributed by atoms with Gasteiger partial charge in [0.05, 0.1) is 29.1 Å². The van der Waals surface area contributed by atoms with Crippen molar-refractivity contribution >= 4 is 17.3 Å². The SMILES string of the molecule is CO/N=C(\C)c1ccc(-n2ccnc2)c(NC(=O)c2ccc(-c3ccccn3)cc2)c1. The number of nitrogens with zero attached hydrogens (tertiary/aromatic N) is 4. The Hall–Kier alpha value is -4.26. The summed E-state index contributed by atoms with van der Waals surface area (Å²) >= 11 is 0. The topological polar surface area (TPSA) is 81.4 Å². The van der Waals surface area contributed by atoms with Crippen LogP contribution in [-0.4, -0.2) is 33.3 Å². The highest BCUT2D eigenvalue weighted by Gasteiger charge is 2.13. The van der Waals surface area contributed by atoms with Crippen molar-refractivity contribution in [2.24, 2.45) is 5.16 Å². The maximum atomic E-state index is 13.0. The van der Waals surface area contributed by atoms with Crippen molar-refractivity contribution in [3.8, 4) is 16.9 Å². The number of hydrogen-bond acceptors (Lipinski definition) is 5. The molecule has 2 heterocycles. The zero-order chi connectivity index (χ0) is 21.6. The quantitative estimate of drug-likeness (QED) is 0.373. The molecule has 0 fully saturated rings. The normalized spacial score (nSPS) is 11.2. The average molecular weight is 411 g/mol. The van der Waals surface area contributed by atoms with Gasteiger partial charge in [-0.25, -0.2) is 4.98 Å². The van der Waals surface area contributed by atoms with E-state index in [1.54, 1.807) is 30.9 Å². The van der Waals surface area contributed by atoms with E-state index in [2.05, 4.69) is 20.4 Å². The Balaban J connectivity index is 1.63. The number of anilines is 1. The lowest BCUT2D eigenvalue weighted by atomic mass is 10.1. The Kier molecular flexibility index (Phi) is 5.84. The van der Waals surface area contributed by atoms with Gasteiger partial charge in [0.1, 0.15) is 7.11 Å². The van der Waals surface area contributed by atoms with E-state index in [-0.39, 0.29) is 5.91 Å². The minimum atomic E-state index is -0.215. The van der Waals surface area contributed by atoms with Gasteiger partial charge in [0.2, 0.25) is 0 Å². The van der Waals surface area contributed by atoms with E-state index in [1.165, 1.54) is 7.11 Å². The fourth-order valence-electron chi connectivity index (χ4n) is 3.20. The van der Waals surface area contributed by atoms with Crippen molar-refractivity contribution in [1.29, 1.82) is 0 Å². The number of nitrogens with one attached hydrogen (secondary N) is 1. The summed E-state index contributed by atoms with van der Waals surface area (Å²) in [7, 11) is 1.50. The molecule has 2 aromatic carbocycles. The Morgan fingerprint density at radius 3 is 2.52 bits per heavy atom. The first-order valence-electron chi connectivity index (χ1n) is 9.69. The van der Waals surface area contributed by atoms with Crippen LogP contribution in [0.4, 0.5) is 5.69 Å². The molecule has 0 unspecified atom stereocenters. The number of hydrogen-bond donors (Lipinski definition) is 1. The lowest BCUT2D eigenvalue weighted by Gasteiger charge is -2.14. The van der Waals surface area contributed by atoms with Gasteiger partial charge in [0.15, 0.2) is 0 Å². The molecule has 2 aromatic heterocycles. The number of benzene rings is 2. The molecule has 0 aliphatic carbocycles. The number of carbonyl (C=O) groups is 1. The van der Waals surface area contributed by atoms with Gasteiger partial charge >= 0.3 is 0 Å². The summed E-state index contributed by atoms with van der Waals surface area (Å²) in [5.74, 6) is -0.215. The van der Waals surface area contributed by atoms with Crippen molar-refractivity contribution in [2.75, 3.05) is 12.4 Å². The van der Waals surface area contributed by atoms with Crippen LogP contribution in [0.3, 0.4) is 0 Å². The molecule has 0 atom stereocenters. The van der Waals surface area contributed by atoms with Crippen LogP contribution in [0.2, 0.25) is 0 Å². The van der Waals surface area contributed by atoms with Crippen LogP contribution in [0, 0.1) is 0 Å². The third kappa shape index (κ3) is 4.51. The minimum absolute atomic E-state index is 0.215. The van der Waals surface area contributed by atoms with E-state index in [4.69, 9.17) is 4.84 Å². The van der Waals surface area contributed by atoms with Crippen molar-refractivity contribution in [3.63, 3.8) is 0 Å². The molecule has 4 rings (SSSR count). The summed E-state index contributed by atoms with van der Waals surface area (Å²) in [5.41, 5.74) is 5.33. The summed E-state index contributed by atoms with van der Waals surface area (Å²) in [6, 6.07) is 18.8. The molecule has 7 nitrogen and oxygen atoms in total. The molecule has 1 amide bonds. The van der Waals surface area contributed by atoms with E-state index in [0.29, 0.717) is 17.0 Å². The van der Waals surface area contributed by atoms with Crippen LogP contribution < -0.4 is 5.32 Å². The lowest BCUT2D eigenvalue weighted by molar-refractivity contribution is 0.102. The van der Waals surface area contributed by atoms with E-state index < -0.39 is 0 Å². The predicted molar refractivity (Wildman–Crippen MR) is 120 cm³/mol. The standard InChI is InChI=1S/C24H21N5O2/c1-17(28-31-2)20-10-11-23(29-14-13-25-16-29)22(15-20)27-24(30)19-8-6-18(7-9-19)21-5-3-4-12-26-21/h3-16H,1-2H3,(H,27,30)/b28-17+. The molecule has 0 aliphatic heterocycles. The highest BCUT2D eigenvalue weighted by Crippen LogP contribution is 2.24. The number of oxime groups is 1. The number of aromatic nitrogens is 3. The van der Waals surface area contributed by atoms with Gasteiger partial charge in [-0.15, -0.1) is 0 Å². The average Bonchev–Trinajstić information content (AvgIpc) is 3.34. The molecule has 7 heteroatoms. The maximum Gasteiger partial charge on any atom is 0.255 e. The van der Waals surface area contributed by atoms with Crippen molar-refractivity contribution in [1.82, 2.24) is 14.5 Å². The highest BCUT2D eigenvalue weighted by atomic mass is 16.6. The fraction of sp³-hybridized carbons (Fsp3) is 0.0833. The van der Waals surface area contributed by atoms with Crippen molar-refractivity contribution < 1.29 is 9.63 Å². The number of rotatable bonds is 6. The number of imidazole rings is 1. The molecule has 0 bridgehead atoms. The molecule has 0 aliphatic rings. The second-order valence-electron chi connectivity index (χ2n) is 6.81. The lowest BCUT2D eigenvalue weighted by Crippen LogP contribution is -2.14. The van der Waals surface area contributed by atoms with Gasteiger partial charge in [0.25, 0.3) is 5.91 Å². The van der Waals surface area contributed by atoms with E-state index >= 15 is 0 Å². The monoisotopic (exact) mass is 411 g/mol. The first-order chi connectivity index (χ1) is 15.2. The molecule has 4 aromatic rings. The first-order valence-corrected chi connectivity index (χ1v) is 9.69. The van der Waals surface area contributed by atoms with Gasteiger partial charge in [-0.05, 0) is 43.3 Å². The highest BCUT2D eigenvalue weighted by molar-refractivity contribution is 6.07. The van der Waals surface area contributed by atoms with E-state index in [1.807, 2.05) is 66.2 Å². The third-order valence-corrected chi connectivity index (χ3v) is 4.78. The van der Waals surface area contributed by atoms with Gasteiger partial charge in [-0.3, -0.25) is 9.78 Å². The van der Waals surface area contributed by atoms with Crippen LogP contribution in [0.1, 0.15) is 22.8 Å². The molecule has 0 radical (unpaired) electrons. The Bertz CT molecular complexity index is 1200. The summed E-state index contributed by atoms with van der Waals surface area (Å²) in [6.07, 6.45) is 6.94. The van der Waals surface area contributed by atoms with Gasteiger partial charge in [-0.2, -0.15) is 0 Å². The summed E-state index contributed by atoms with van der Waals surface area (Å²) < 4.78 is 1.84. The van der Waals surface area contributed by atoms with Gasteiger partial charge < -0.3 is 14.7 Å². The number of amides is 1. The number of carbonyl (C=O) groups excluding carboxylic acids is 1. The first kappa shape index (κ1) is 20.0. The summed E-state index contributed by atoms with van der Waals surface area (Å²) in [5, 5.41) is 7.00. The van der Waals surface area contributed by atoms with Crippen LogP contribution in [0.25, 0.3) is 16.9 Å². The van der Waals surface area contributed by atoms with Crippen molar-refractivity contribution in [2.45, 2.75) is 6.92 Å². The minimum Gasteiger partial charge on any atom is -0.399 e. The Morgan fingerprint density at radius 1 is 1.03 bits per heavy atom. The Labute approximate surface area is 180 Å². The zero-order valence-corrected chi connectivity index (χ0v) is 17.2. The molecule has 1 N–H and O–H groups in total. The molecule has 0 saturated heterocycles. The van der Waals surface area contributed by atoms with E-state index in [9.17, 15) is 4.79 Å². The van der Waals surface area contributed by atoms with Gasteiger partial charge in [-0.1, -0.05) is 29.4 Å². The second-order valence-corrected chi connectivity index (χ2v) is 6.81. The molecule has 154 valence electrons. The second kappa shape index (κ2) is 9.04.